The van der Waals surface area contributed by atoms with Gasteiger partial charge in [0.15, 0.2) is 0 Å². The lowest BCUT2D eigenvalue weighted by Gasteiger charge is -2.11. The van der Waals surface area contributed by atoms with Crippen LogP contribution in [0.4, 0.5) is 0 Å². The number of halogens is 2. The molecule has 0 aliphatic rings. The summed E-state index contributed by atoms with van der Waals surface area (Å²) in [6.45, 7) is 2.12. The third kappa shape index (κ3) is 3.21. The molecule has 72 valence electrons. The number of rotatable bonds is 4. The van der Waals surface area contributed by atoms with Gasteiger partial charge in [-0.1, -0.05) is 24.3 Å². The molecule has 0 unspecified atom stereocenters. The minimum Gasteiger partial charge on any atom is -0.126 e. The molecule has 0 radical (unpaired) electrons. The van der Waals surface area contributed by atoms with Gasteiger partial charge >= 0.3 is 0 Å². The van der Waals surface area contributed by atoms with E-state index in [0.717, 1.165) is 6.42 Å². The van der Waals surface area contributed by atoms with E-state index in [1.54, 1.807) is 0 Å². The van der Waals surface area contributed by atoms with Crippen LogP contribution < -0.4 is 0 Å². The number of aryl methyl sites for hydroxylation is 1. The van der Waals surface area contributed by atoms with Gasteiger partial charge in [-0.2, -0.15) is 0 Å². The maximum absolute atomic E-state index is 5.79. The summed E-state index contributed by atoms with van der Waals surface area (Å²) in [4.78, 5) is 0. The number of alkyl halides is 2. The zero-order chi connectivity index (χ0) is 9.68. The van der Waals surface area contributed by atoms with Gasteiger partial charge in [0.2, 0.25) is 0 Å². The van der Waals surface area contributed by atoms with E-state index in [0.29, 0.717) is 17.7 Å². The Bertz CT molecular complexity index is 254. The van der Waals surface area contributed by atoms with Gasteiger partial charge in [0, 0.05) is 11.8 Å². The topological polar surface area (TPSA) is 0 Å². The van der Waals surface area contributed by atoms with Crippen molar-refractivity contribution in [1.82, 2.24) is 0 Å². The van der Waals surface area contributed by atoms with E-state index in [9.17, 15) is 0 Å². The van der Waals surface area contributed by atoms with E-state index < -0.39 is 0 Å². The molecule has 0 saturated heterocycles. The van der Waals surface area contributed by atoms with Crippen LogP contribution in [0.3, 0.4) is 0 Å². The Kier molecular flexibility index (Phi) is 4.61. The molecule has 1 aromatic carbocycles. The van der Waals surface area contributed by atoms with Crippen LogP contribution in [-0.2, 0) is 6.42 Å². The normalized spacial score (nSPS) is 10.8. The van der Waals surface area contributed by atoms with Crippen molar-refractivity contribution in [3.8, 4) is 0 Å². The predicted molar refractivity (Wildman–Crippen MR) is 59.8 cm³/mol. The van der Waals surface area contributed by atoms with Gasteiger partial charge in [-0.15, -0.1) is 23.2 Å². The van der Waals surface area contributed by atoms with Crippen molar-refractivity contribution >= 4 is 23.2 Å². The standard InChI is InChI=1S/C11H14Cl2/c1-9-4-2-3-5-11(9)6-10(7-12)8-13/h2-5,10H,6-8H2,1H3. The summed E-state index contributed by atoms with van der Waals surface area (Å²) in [5.41, 5.74) is 2.68. The van der Waals surface area contributed by atoms with E-state index in [1.165, 1.54) is 11.1 Å². The van der Waals surface area contributed by atoms with Crippen molar-refractivity contribution in [1.29, 1.82) is 0 Å². The summed E-state index contributed by atoms with van der Waals surface area (Å²) < 4.78 is 0. The quantitative estimate of drug-likeness (QED) is 0.675. The minimum atomic E-state index is 0.393. The lowest BCUT2D eigenvalue weighted by molar-refractivity contribution is 0.659. The van der Waals surface area contributed by atoms with Crippen LogP contribution in [0.2, 0.25) is 0 Å². The fourth-order valence-electron chi connectivity index (χ4n) is 1.30. The van der Waals surface area contributed by atoms with Gasteiger partial charge in [-0.05, 0) is 30.4 Å². The Morgan fingerprint density at radius 1 is 1.15 bits per heavy atom. The zero-order valence-corrected chi connectivity index (χ0v) is 9.28. The Labute approximate surface area is 89.9 Å². The van der Waals surface area contributed by atoms with E-state index in [-0.39, 0.29) is 0 Å². The molecule has 1 rings (SSSR count). The molecule has 0 spiro atoms. The molecule has 2 heteroatoms. The first-order valence-corrected chi connectivity index (χ1v) is 5.51. The lowest BCUT2D eigenvalue weighted by Crippen LogP contribution is -2.08. The second-order valence-electron chi connectivity index (χ2n) is 3.31. The Balaban J connectivity index is 2.67. The van der Waals surface area contributed by atoms with Crippen molar-refractivity contribution in [3.63, 3.8) is 0 Å². The molecule has 0 atom stereocenters. The third-order valence-corrected chi connectivity index (χ3v) is 3.08. The molecule has 0 amide bonds. The number of benzene rings is 1. The molecule has 0 aliphatic heterocycles. The highest BCUT2D eigenvalue weighted by Gasteiger charge is 2.07. The molecular weight excluding hydrogens is 203 g/mol. The molecule has 0 N–H and O–H groups in total. The number of hydrogen-bond donors (Lipinski definition) is 0. The molecule has 0 bridgehead atoms. The van der Waals surface area contributed by atoms with E-state index in [2.05, 4.69) is 31.2 Å². The van der Waals surface area contributed by atoms with Crippen LogP contribution in [0, 0.1) is 12.8 Å². The summed E-state index contributed by atoms with van der Waals surface area (Å²) in [5.74, 6) is 1.67. The maximum atomic E-state index is 5.79. The fourth-order valence-corrected chi connectivity index (χ4v) is 1.85. The number of hydrogen-bond acceptors (Lipinski definition) is 0. The van der Waals surface area contributed by atoms with Crippen molar-refractivity contribution in [2.24, 2.45) is 5.92 Å². The van der Waals surface area contributed by atoms with E-state index in [1.807, 2.05) is 0 Å². The molecule has 0 nitrogen and oxygen atoms in total. The van der Waals surface area contributed by atoms with Gasteiger partial charge in [-0.3, -0.25) is 0 Å². The Morgan fingerprint density at radius 2 is 1.77 bits per heavy atom. The second kappa shape index (κ2) is 5.51. The first-order valence-electron chi connectivity index (χ1n) is 4.44. The van der Waals surface area contributed by atoms with Gasteiger partial charge in [0.05, 0.1) is 0 Å². The zero-order valence-electron chi connectivity index (χ0n) is 7.76. The average Bonchev–Trinajstić information content (AvgIpc) is 2.17. The minimum absolute atomic E-state index is 0.393. The molecule has 13 heavy (non-hydrogen) atoms. The van der Waals surface area contributed by atoms with Crippen LogP contribution in [0.1, 0.15) is 11.1 Å². The van der Waals surface area contributed by atoms with Crippen molar-refractivity contribution in [3.05, 3.63) is 35.4 Å². The first kappa shape index (κ1) is 10.9. The van der Waals surface area contributed by atoms with E-state index in [4.69, 9.17) is 23.2 Å². The Morgan fingerprint density at radius 3 is 2.31 bits per heavy atom. The van der Waals surface area contributed by atoms with Crippen molar-refractivity contribution in [2.45, 2.75) is 13.3 Å². The average molecular weight is 217 g/mol. The van der Waals surface area contributed by atoms with Crippen molar-refractivity contribution < 1.29 is 0 Å². The lowest BCUT2D eigenvalue weighted by atomic mass is 9.99. The van der Waals surface area contributed by atoms with E-state index >= 15 is 0 Å². The predicted octanol–water partition coefficient (Wildman–Crippen LogP) is 3.63. The first-order chi connectivity index (χ1) is 6.27. The summed E-state index contributed by atoms with van der Waals surface area (Å²) >= 11 is 11.6. The third-order valence-electron chi connectivity index (χ3n) is 2.21. The highest BCUT2D eigenvalue weighted by atomic mass is 35.5. The summed E-state index contributed by atoms with van der Waals surface area (Å²) in [5, 5.41) is 0. The summed E-state index contributed by atoms with van der Waals surface area (Å²) in [6.07, 6.45) is 0.986. The molecule has 0 fully saturated rings. The highest BCUT2D eigenvalue weighted by Crippen LogP contribution is 2.15. The van der Waals surface area contributed by atoms with Gasteiger partial charge in [0.1, 0.15) is 0 Å². The summed E-state index contributed by atoms with van der Waals surface area (Å²) in [6, 6.07) is 8.37. The van der Waals surface area contributed by atoms with Crippen LogP contribution in [0.25, 0.3) is 0 Å². The summed E-state index contributed by atoms with van der Waals surface area (Å²) in [7, 11) is 0. The molecular formula is C11H14Cl2. The SMILES string of the molecule is Cc1ccccc1CC(CCl)CCl. The Hall–Kier alpha value is -0.200. The largest absolute Gasteiger partial charge is 0.126 e. The van der Waals surface area contributed by atoms with Crippen molar-refractivity contribution in [2.75, 3.05) is 11.8 Å². The van der Waals surface area contributed by atoms with Crippen LogP contribution >= 0.6 is 23.2 Å². The molecule has 0 heterocycles. The smallest absolute Gasteiger partial charge is 0.0266 e. The second-order valence-corrected chi connectivity index (χ2v) is 3.92. The maximum Gasteiger partial charge on any atom is 0.0266 e. The van der Waals surface area contributed by atoms with Gasteiger partial charge in [0.25, 0.3) is 0 Å². The molecule has 0 saturated carbocycles. The van der Waals surface area contributed by atoms with Crippen LogP contribution in [0.15, 0.2) is 24.3 Å². The van der Waals surface area contributed by atoms with Gasteiger partial charge in [-0.25, -0.2) is 0 Å². The van der Waals surface area contributed by atoms with Gasteiger partial charge < -0.3 is 0 Å². The fraction of sp³-hybridized carbons (Fsp3) is 0.455. The molecule has 0 aliphatic carbocycles. The van der Waals surface area contributed by atoms with Crippen LogP contribution in [0.5, 0.6) is 0 Å². The monoisotopic (exact) mass is 216 g/mol. The van der Waals surface area contributed by atoms with Crippen LogP contribution in [-0.4, -0.2) is 11.8 Å². The highest BCUT2D eigenvalue weighted by molar-refractivity contribution is 6.20. The molecule has 0 aromatic heterocycles. The molecule has 1 aromatic rings.